The van der Waals surface area contributed by atoms with Crippen molar-refractivity contribution in [1.82, 2.24) is 10.3 Å². The highest BCUT2D eigenvalue weighted by Gasteiger charge is 2.30. The van der Waals surface area contributed by atoms with E-state index >= 15 is 0 Å². The summed E-state index contributed by atoms with van der Waals surface area (Å²) in [5.74, 6) is 0.0933. The van der Waals surface area contributed by atoms with Crippen LogP contribution in [0.2, 0.25) is 0 Å². The first-order valence-corrected chi connectivity index (χ1v) is 8.96. The second-order valence-corrected chi connectivity index (χ2v) is 6.68. The fourth-order valence-corrected chi connectivity index (χ4v) is 2.84. The standard InChI is InChI=1S/C20H21F3N2O3/c21-20(22,23)17-3-1-2-14(8-17)11-28-13-15-4-5-18(24-9-15)19(26)25-10-16-6-7-27-12-16/h1-5,8-9,16H,6-7,10-13H2,(H,25,26). The molecule has 0 saturated carbocycles. The van der Waals surface area contributed by atoms with Gasteiger partial charge in [-0.1, -0.05) is 18.2 Å². The largest absolute Gasteiger partial charge is 0.416 e. The van der Waals surface area contributed by atoms with Crippen LogP contribution in [0.1, 0.15) is 33.6 Å². The van der Waals surface area contributed by atoms with Crippen molar-refractivity contribution in [3.05, 3.63) is 65.0 Å². The highest BCUT2D eigenvalue weighted by atomic mass is 19.4. The number of hydrogen-bond donors (Lipinski definition) is 1. The Morgan fingerprint density at radius 2 is 2.04 bits per heavy atom. The molecule has 2 aromatic rings. The molecule has 1 aliphatic rings. The van der Waals surface area contributed by atoms with Gasteiger partial charge in [0.15, 0.2) is 0 Å². The molecule has 150 valence electrons. The van der Waals surface area contributed by atoms with Gasteiger partial charge in [-0.05, 0) is 35.7 Å². The predicted octanol–water partition coefficient (Wildman–Crippen LogP) is 3.58. The Morgan fingerprint density at radius 3 is 2.71 bits per heavy atom. The zero-order chi connectivity index (χ0) is 20.0. The number of halogens is 3. The molecule has 1 atom stereocenters. The summed E-state index contributed by atoms with van der Waals surface area (Å²) in [6.07, 6.45) is -1.91. The minimum absolute atomic E-state index is 0.0512. The molecule has 1 amide bonds. The maximum Gasteiger partial charge on any atom is 0.416 e. The summed E-state index contributed by atoms with van der Waals surface area (Å²) >= 11 is 0. The number of nitrogens with zero attached hydrogens (tertiary/aromatic N) is 1. The van der Waals surface area contributed by atoms with Crippen LogP contribution < -0.4 is 5.32 Å². The summed E-state index contributed by atoms with van der Waals surface area (Å²) in [6, 6.07) is 8.35. The molecule has 1 N–H and O–H groups in total. The fraction of sp³-hybridized carbons (Fsp3) is 0.400. The van der Waals surface area contributed by atoms with Gasteiger partial charge in [-0.3, -0.25) is 9.78 Å². The van der Waals surface area contributed by atoms with Gasteiger partial charge in [0.05, 0.1) is 25.4 Å². The van der Waals surface area contributed by atoms with E-state index in [0.29, 0.717) is 30.3 Å². The first-order valence-electron chi connectivity index (χ1n) is 8.96. The minimum atomic E-state index is -4.37. The van der Waals surface area contributed by atoms with E-state index in [4.69, 9.17) is 9.47 Å². The van der Waals surface area contributed by atoms with Crippen LogP contribution in [-0.4, -0.2) is 30.6 Å². The monoisotopic (exact) mass is 394 g/mol. The third-order valence-corrected chi connectivity index (χ3v) is 4.42. The van der Waals surface area contributed by atoms with Gasteiger partial charge in [0.2, 0.25) is 0 Å². The lowest BCUT2D eigenvalue weighted by atomic mass is 10.1. The molecule has 3 rings (SSSR count). The second kappa shape index (κ2) is 9.16. The molecule has 1 aromatic carbocycles. The number of carbonyl (C=O) groups is 1. The van der Waals surface area contributed by atoms with Crippen molar-refractivity contribution in [3.8, 4) is 0 Å². The molecule has 8 heteroatoms. The van der Waals surface area contributed by atoms with Crippen LogP contribution in [0.15, 0.2) is 42.6 Å². The Morgan fingerprint density at radius 1 is 1.21 bits per heavy atom. The van der Waals surface area contributed by atoms with Gasteiger partial charge in [-0.2, -0.15) is 13.2 Å². The van der Waals surface area contributed by atoms with Crippen LogP contribution in [0.25, 0.3) is 0 Å². The van der Waals surface area contributed by atoms with Crippen molar-refractivity contribution >= 4 is 5.91 Å². The quantitative estimate of drug-likeness (QED) is 0.780. The van der Waals surface area contributed by atoms with Gasteiger partial charge in [0, 0.05) is 25.3 Å². The summed E-state index contributed by atoms with van der Waals surface area (Å²) in [4.78, 5) is 16.2. The Kier molecular flexibility index (Phi) is 6.64. The van der Waals surface area contributed by atoms with Crippen molar-refractivity contribution in [2.24, 2.45) is 5.92 Å². The minimum Gasteiger partial charge on any atom is -0.381 e. The second-order valence-electron chi connectivity index (χ2n) is 6.68. The van der Waals surface area contributed by atoms with Crippen LogP contribution in [0, 0.1) is 5.92 Å². The van der Waals surface area contributed by atoms with E-state index in [-0.39, 0.29) is 19.1 Å². The average molecular weight is 394 g/mol. The lowest BCUT2D eigenvalue weighted by Crippen LogP contribution is -2.30. The number of carbonyl (C=O) groups excluding carboxylic acids is 1. The molecule has 0 radical (unpaired) electrons. The highest BCUT2D eigenvalue weighted by molar-refractivity contribution is 5.92. The smallest absolute Gasteiger partial charge is 0.381 e. The van der Waals surface area contributed by atoms with Crippen LogP contribution in [-0.2, 0) is 28.9 Å². The van der Waals surface area contributed by atoms with Crippen molar-refractivity contribution in [1.29, 1.82) is 0 Å². The fourth-order valence-electron chi connectivity index (χ4n) is 2.84. The first-order chi connectivity index (χ1) is 13.4. The lowest BCUT2D eigenvalue weighted by molar-refractivity contribution is -0.137. The molecule has 1 aliphatic heterocycles. The van der Waals surface area contributed by atoms with Crippen molar-refractivity contribution < 1.29 is 27.4 Å². The summed E-state index contributed by atoms with van der Waals surface area (Å²) in [6.45, 7) is 2.19. The Hall–Kier alpha value is -2.45. The molecule has 1 saturated heterocycles. The third kappa shape index (κ3) is 5.77. The topological polar surface area (TPSA) is 60.5 Å². The highest BCUT2D eigenvalue weighted by Crippen LogP contribution is 2.29. The van der Waals surface area contributed by atoms with Gasteiger partial charge >= 0.3 is 6.18 Å². The van der Waals surface area contributed by atoms with E-state index in [0.717, 1.165) is 30.7 Å². The van der Waals surface area contributed by atoms with Crippen molar-refractivity contribution in [3.63, 3.8) is 0 Å². The van der Waals surface area contributed by atoms with E-state index in [1.165, 1.54) is 12.3 Å². The van der Waals surface area contributed by atoms with Crippen molar-refractivity contribution in [2.45, 2.75) is 25.8 Å². The van der Waals surface area contributed by atoms with E-state index in [1.54, 1.807) is 18.2 Å². The molecule has 5 nitrogen and oxygen atoms in total. The number of amides is 1. The number of benzene rings is 1. The number of hydrogen-bond acceptors (Lipinski definition) is 4. The zero-order valence-corrected chi connectivity index (χ0v) is 15.2. The van der Waals surface area contributed by atoms with Gasteiger partial charge in [-0.15, -0.1) is 0 Å². The Bertz CT molecular complexity index is 788. The average Bonchev–Trinajstić information content (AvgIpc) is 3.20. The number of rotatable bonds is 7. The number of nitrogens with one attached hydrogen (secondary N) is 1. The van der Waals surface area contributed by atoms with Gasteiger partial charge in [0.1, 0.15) is 5.69 Å². The third-order valence-electron chi connectivity index (χ3n) is 4.42. The maximum atomic E-state index is 12.7. The van der Waals surface area contributed by atoms with Crippen LogP contribution in [0.5, 0.6) is 0 Å². The number of aromatic nitrogens is 1. The SMILES string of the molecule is O=C(NCC1CCOC1)c1ccc(COCc2cccc(C(F)(F)F)c2)cn1. The van der Waals surface area contributed by atoms with Crippen LogP contribution in [0.4, 0.5) is 13.2 Å². The predicted molar refractivity (Wildman–Crippen MR) is 95.4 cm³/mol. The lowest BCUT2D eigenvalue weighted by Gasteiger charge is -2.10. The molecule has 1 fully saturated rings. The number of ether oxygens (including phenoxy) is 2. The van der Waals surface area contributed by atoms with Crippen molar-refractivity contribution in [2.75, 3.05) is 19.8 Å². The first kappa shape index (κ1) is 20.3. The maximum absolute atomic E-state index is 12.7. The van der Waals surface area contributed by atoms with E-state index in [9.17, 15) is 18.0 Å². The molecule has 0 spiro atoms. The van der Waals surface area contributed by atoms with E-state index in [1.807, 2.05) is 0 Å². The molecule has 2 heterocycles. The van der Waals surface area contributed by atoms with Crippen LogP contribution >= 0.6 is 0 Å². The van der Waals surface area contributed by atoms with Crippen LogP contribution in [0.3, 0.4) is 0 Å². The molecular formula is C20H21F3N2O3. The Balaban J connectivity index is 1.46. The number of pyridine rings is 1. The normalized spacial score (nSPS) is 16.9. The molecule has 0 aliphatic carbocycles. The Labute approximate surface area is 160 Å². The van der Waals surface area contributed by atoms with Gasteiger partial charge in [0.25, 0.3) is 5.91 Å². The van der Waals surface area contributed by atoms with E-state index < -0.39 is 11.7 Å². The summed E-state index contributed by atoms with van der Waals surface area (Å²) in [7, 11) is 0. The summed E-state index contributed by atoms with van der Waals surface area (Å²) in [5, 5.41) is 2.84. The molecule has 1 aromatic heterocycles. The molecule has 28 heavy (non-hydrogen) atoms. The van der Waals surface area contributed by atoms with E-state index in [2.05, 4.69) is 10.3 Å². The number of alkyl halides is 3. The molecular weight excluding hydrogens is 373 g/mol. The zero-order valence-electron chi connectivity index (χ0n) is 15.2. The van der Waals surface area contributed by atoms with Gasteiger partial charge < -0.3 is 14.8 Å². The molecule has 1 unspecified atom stereocenters. The van der Waals surface area contributed by atoms with Gasteiger partial charge in [-0.25, -0.2) is 0 Å². The summed E-state index contributed by atoms with van der Waals surface area (Å²) < 4.78 is 48.9. The summed E-state index contributed by atoms with van der Waals surface area (Å²) in [5.41, 5.74) is 0.776. The molecule has 0 bridgehead atoms.